The molecule has 5 rings (SSSR count). The van der Waals surface area contributed by atoms with Gasteiger partial charge in [-0.25, -0.2) is 4.99 Å². The molecule has 2 aliphatic rings. The fourth-order valence-corrected chi connectivity index (χ4v) is 6.96. The third kappa shape index (κ3) is 7.13. The molecular weight excluding hydrogens is 606 g/mol. The molecule has 2 amide bonds. The SMILES string of the molecule is CCNc1ccc(NC(=O)COC)cc1N=C1SC(=C2Sc3ccc(OCCCl)cc3N2C)C(=O)N1Cc1ccccc1. The van der Waals surface area contributed by atoms with Crippen LogP contribution in [0.5, 0.6) is 5.75 Å². The molecular formula is C31H32ClN5O4S2. The zero-order valence-electron chi connectivity index (χ0n) is 24.1. The first-order valence-corrected chi connectivity index (χ1v) is 15.9. The average molecular weight is 638 g/mol. The van der Waals surface area contributed by atoms with Crippen molar-refractivity contribution in [3.05, 3.63) is 82.2 Å². The predicted molar refractivity (Wildman–Crippen MR) is 177 cm³/mol. The molecule has 0 saturated carbocycles. The molecule has 1 saturated heterocycles. The number of nitrogens with one attached hydrogen (secondary N) is 2. The number of carbonyl (C=O) groups is 2. The highest BCUT2D eigenvalue weighted by Gasteiger charge is 2.39. The molecule has 224 valence electrons. The molecule has 3 aromatic rings. The van der Waals surface area contributed by atoms with Crippen LogP contribution >= 0.6 is 35.1 Å². The van der Waals surface area contributed by atoms with Gasteiger partial charge >= 0.3 is 0 Å². The van der Waals surface area contributed by atoms with Crippen molar-refractivity contribution in [1.82, 2.24) is 4.90 Å². The summed E-state index contributed by atoms with van der Waals surface area (Å²) in [5.41, 5.74) is 3.92. The number of aliphatic imine (C=N–C) groups is 1. The van der Waals surface area contributed by atoms with Crippen LogP contribution in [0.1, 0.15) is 12.5 Å². The monoisotopic (exact) mass is 637 g/mol. The van der Waals surface area contributed by atoms with Gasteiger partial charge in [0.2, 0.25) is 5.91 Å². The van der Waals surface area contributed by atoms with Crippen molar-refractivity contribution in [2.45, 2.75) is 18.4 Å². The van der Waals surface area contributed by atoms with Gasteiger partial charge in [-0.05, 0) is 54.6 Å². The van der Waals surface area contributed by atoms with E-state index >= 15 is 0 Å². The van der Waals surface area contributed by atoms with E-state index in [0.29, 0.717) is 47.0 Å². The highest BCUT2D eigenvalue weighted by atomic mass is 35.5. The van der Waals surface area contributed by atoms with Crippen molar-refractivity contribution in [3.8, 4) is 5.75 Å². The fourth-order valence-electron chi connectivity index (χ4n) is 4.57. The Kier molecular flexibility index (Phi) is 10.2. The summed E-state index contributed by atoms with van der Waals surface area (Å²) < 4.78 is 10.7. The van der Waals surface area contributed by atoms with Crippen molar-refractivity contribution in [3.63, 3.8) is 0 Å². The van der Waals surface area contributed by atoms with Gasteiger partial charge in [0.15, 0.2) is 5.17 Å². The lowest BCUT2D eigenvalue weighted by Crippen LogP contribution is -2.29. The van der Waals surface area contributed by atoms with Gasteiger partial charge in [-0.2, -0.15) is 0 Å². The van der Waals surface area contributed by atoms with Crippen LogP contribution < -0.4 is 20.3 Å². The Balaban J connectivity index is 1.53. The molecule has 43 heavy (non-hydrogen) atoms. The van der Waals surface area contributed by atoms with Crippen LogP contribution in [-0.2, 0) is 20.9 Å². The van der Waals surface area contributed by atoms with Crippen molar-refractivity contribution in [1.29, 1.82) is 0 Å². The summed E-state index contributed by atoms with van der Waals surface area (Å²) in [5, 5.41) is 7.55. The second-order valence-electron chi connectivity index (χ2n) is 9.58. The number of hydrogen-bond acceptors (Lipinski definition) is 9. The average Bonchev–Trinajstić information content (AvgIpc) is 3.49. The first kappa shape index (κ1) is 30.8. The zero-order valence-corrected chi connectivity index (χ0v) is 26.4. The standard InChI is InChI=1S/C31H32ClN5O4S2/c1-4-33-23-12-10-21(34-27(38)19-40-3)16-24(23)35-31-37(18-20-8-6-5-7-9-20)29(39)28(43-31)30-36(2)25-17-22(41-15-14-32)11-13-26(25)42-30/h5-13,16-17,33H,4,14-15,18-19H2,1-3H3,(H,34,38). The van der Waals surface area contributed by atoms with Crippen molar-refractivity contribution in [2.75, 3.05) is 55.3 Å². The number of carbonyl (C=O) groups excluding carboxylic acids is 2. The number of benzene rings is 3. The van der Waals surface area contributed by atoms with Gasteiger partial charge in [-0.3, -0.25) is 14.5 Å². The van der Waals surface area contributed by atoms with E-state index in [2.05, 4.69) is 10.6 Å². The number of nitrogens with zero attached hydrogens (tertiary/aromatic N) is 3. The smallest absolute Gasteiger partial charge is 0.269 e. The summed E-state index contributed by atoms with van der Waals surface area (Å²) in [5.74, 6) is 0.740. The Bertz CT molecular complexity index is 1570. The van der Waals surface area contributed by atoms with E-state index < -0.39 is 0 Å². The number of thioether (sulfide) groups is 2. The number of rotatable bonds is 11. The number of ether oxygens (including phenoxy) is 2. The van der Waals surface area contributed by atoms with Gasteiger partial charge < -0.3 is 25.0 Å². The Morgan fingerprint density at radius 1 is 1.07 bits per heavy atom. The Morgan fingerprint density at radius 2 is 1.88 bits per heavy atom. The Labute approximate surface area is 264 Å². The molecule has 2 N–H and O–H groups in total. The van der Waals surface area contributed by atoms with Crippen LogP contribution in [-0.4, -0.2) is 61.7 Å². The number of anilines is 3. The molecule has 2 heterocycles. The van der Waals surface area contributed by atoms with E-state index in [0.717, 1.165) is 32.6 Å². The van der Waals surface area contributed by atoms with Crippen LogP contribution in [0.15, 0.2) is 86.6 Å². The molecule has 0 unspecified atom stereocenters. The number of amidine groups is 1. The predicted octanol–water partition coefficient (Wildman–Crippen LogP) is 6.50. The van der Waals surface area contributed by atoms with E-state index in [-0.39, 0.29) is 18.4 Å². The van der Waals surface area contributed by atoms with E-state index in [1.165, 1.54) is 18.9 Å². The minimum atomic E-state index is -0.266. The lowest BCUT2D eigenvalue weighted by atomic mass is 10.2. The molecule has 0 radical (unpaired) electrons. The number of halogens is 1. The van der Waals surface area contributed by atoms with Gasteiger partial charge in [0.1, 0.15) is 23.9 Å². The van der Waals surface area contributed by atoms with Crippen molar-refractivity contribution < 1.29 is 19.1 Å². The molecule has 0 aromatic heterocycles. The minimum Gasteiger partial charge on any atom is -0.492 e. The van der Waals surface area contributed by atoms with Crippen LogP contribution in [0.3, 0.4) is 0 Å². The molecule has 1 fully saturated rings. The third-order valence-electron chi connectivity index (χ3n) is 6.53. The fraction of sp³-hybridized carbons (Fsp3) is 0.258. The van der Waals surface area contributed by atoms with Gasteiger partial charge in [0, 0.05) is 37.4 Å². The van der Waals surface area contributed by atoms with E-state index in [1.807, 2.05) is 79.5 Å². The number of methoxy groups -OCH3 is 1. The van der Waals surface area contributed by atoms with E-state index in [1.54, 1.807) is 22.7 Å². The maximum Gasteiger partial charge on any atom is 0.269 e. The third-order valence-corrected chi connectivity index (χ3v) is 9.12. The first-order chi connectivity index (χ1) is 20.9. The molecule has 2 aliphatic heterocycles. The van der Waals surface area contributed by atoms with Crippen LogP contribution in [0, 0.1) is 0 Å². The number of amides is 2. The Hall–Kier alpha value is -3.64. The summed E-state index contributed by atoms with van der Waals surface area (Å²) in [6.07, 6.45) is 0. The molecule has 0 atom stereocenters. The molecule has 0 aliphatic carbocycles. The van der Waals surface area contributed by atoms with Gasteiger partial charge in [-0.1, -0.05) is 42.1 Å². The summed E-state index contributed by atoms with van der Waals surface area (Å²) in [7, 11) is 3.42. The molecule has 3 aromatic carbocycles. The lowest BCUT2D eigenvalue weighted by Gasteiger charge is -2.17. The van der Waals surface area contributed by atoms with Gasteiger partial charge in [0.05, 0.1) is 34.5 Å². The molecule has 12 heteroatoms. The zero-order chi connectivity index (χ0) is 30.3. The highest BCUT2D eigenvalue weighted by molar-refractivity contribution is 8.19. The maximum absolute atomic E-state index is 14.1. The summed E-state index contributed by atoms with van der Waals surface area (Å²) in [6, 6.07) is 21.2. The van der Waals surface area contributed by atoms with Crippen LogP contribution in [0.25, 0.3) is 0 Å². The maximum atomic E-state index is 14.1. The summed E-state index contributed by atoms with van der Waals surface area (Å²) in [6.45, 7) is 3.40. The first-order valence-electron chi connectivity index (χ1n) is 13.7. The second kappa shape index (κ2) is 14.2. The van der Waals surface area contributed by atoms with Crippen molar-refractivity contribution >= 4 is 74.9 Å². The quantitative estimate of drug-likeness (QED) is 0.182. The van der Waals surface area contributed by atoms with Crippen LogP contribution in [0.4, 0.5) is 22.7 Å². The summed E-state index contributed by atoms with van der Waals surface area (Å²) >= 11 is 8.70. The number of alkyl halides is 1. The van der Waals surface area contributed by atoms with Gasteiger partial charge in [0.25, 0.3) is 5.91 Å². The van der Waals surface area contributed by atoms with E-state index in [9.17, 15) is 9.59 Å². The minimum absolute atomic E-state index is 0.0567. The largest absolute Gasteiger partial charge is 0.492 e. The normalized spacial score (nSPS) is 17.0. The number of fused-ring (bicyclic) bond motifs is 1. The highest BCUT2D eigenvalue weighted by Crippen LogP contribution is 2.51. The van der Waals surface area contributed by atoms with Crippen LogP contribution in [0.2, 0.25) is 0 Å². The molecule has 0 bridgehead atoms. The lowest BCUT2D eigenvalue weighted by molar-refractivity contribution is -0.122. The number of hydrogen-bond donors (Lipinski definition) is 2. The van der Waals surface area contributed by atoms with E-state index in [4.69, 9.17) is 26.1 Å². The second-order valence-corrected chi connectivity index (χ2v) is 12.0. The molecule has 0 spiro atoms. The summed E-state index contributed by atoms with van der Waals surface area (Å²) in [4.78, 5) is 36.7. The van der Waals surface area contributed by atoms with Gasteiger partial charge in [-0.15, -0.1) is 11.6 Å². The topological polar surface area (TPSA) is 95.5 Å². The molecule has 9 nitrogen and oxygen atoms in total. The van der Waals surface area contributed by atoms with Crippen molar-refractivity contribution in [2.24, 2.45) is 4.99 Å². The Morgan fingerprint density at radius 3 is 2.63 bits per heavy atom.